The van der Waals surface area contributed by atoms with Gasteiger partial charge in [0.15, 0.2) is 5.69 Å². The van der Waals surface area contributed by atoms with Crippen LogP contribution in [-0.2, 0) is 6.42 Å². The molecule has 0 saturated heterocycles. The van der Waals surface area contributed by atoms with Gasteiger partial charge in [-0.05, 0) is 31.2 Å². The molecule has 0 fully saturated rings. The summed E-state index contributed by atoms with van der Waals surface area (Å²) in [6.45, 7) is 2.27. The van der Waals surface area contributed by atoms with Crippen LogP contribution in [0.2, 0.25) is 5.02 Å². The Morgan fingerprint density at radius 2 is 2.00 bits per heavy atom. The molecule has 2 aromatic heterocycles. The van der Waals surface area contributed by atoms with Crippen LogP contribution in [0.3, 0.4) is 0 Å². The number of nitrogens with one attached hydrogen (secondary N) is 1. The molecular formula is C17H16ClN5O. The van der Waals surface area contributed by atoms with Crippen molar-refractivity contribution >= 4 is 17.5 Å². The number of nitrogens with zero attached hydrogens (tertiary/aromatic N) is 4. The van der Waals surface area contributed by atoms with Crippen molar-refractivity contribution in [1.82, 2.24) is 25.3 Å². The standard InChI is InChI=1S/C17H16ClN5O/c1-12-16(17(24)20-11-9-13-6-4-5-10-19-13)21-22-23(12)15-8-3-2-7-14(15)18/h2-8,10H,9,11H2,1H3,(H,20,24). The fourth-order valence-corrected chi connectivity index (χ4v) is 2.54. The molecule has 2 heterocycles. The SMILES string of the molecule is Cc1c(C(=O)NCCc2ccccn2)nnn1-c1ccccc1Cl. The summed E-state index contributed by atoms with van der Waals surface area (Å²) in [5, 5.41) is 11.4. The van der Waals surface area contributed by atoms with E-state index >= 15 is 0 Å². The van der Waals surface area contributed by atoms with Crippen LogP contribution in [0.5, 0.6) is 0 Å². The van der Waals surface area contributed by atoms with Gasteiger partial charge >= 0.3 is 0 Å². The fraction of sp³-hybridized carbons (Fsp3) is 0.176. The molecule has 0 spiro atoms. The fourth-order valence-electron chi connectivity index (χ4n) is 2.33. The van der Waals surface area contributed by atoms with E-state index in [-0.39, 0.29) is 11.6 Å². The van der Waals surface area contributed by atoms with Gasteiger partial charge in [-0.3, -0.25) is 9.78 Å². The second kappa shape index (κ2) is 7.23. The van der Waals surface area contributed by atoms with E-state index in [1.165, 1.54) is 0 Å². The maximum Gasteiger partial charge on any atom is 0.273 e. The summed E-state index contributed by atoms with van der Waals surface area (Å²) in [4.78, 5) is 16.5. The van der Waals surface area contributed by atoms with Gasteiger partial charge in [0.1, 0.15) is 0 Å². The molecule has 1 aromatic carbocycles. The number of carbonyl (C=O) groups is 1. The Balaban J connectivity index is 1.69. The predicted octanol–water partition coefficient (Wildman–Crippen LogP) is 2.60. The summed E-state index contributed by atoms with van der Waals surface area (Å²) in [5.74, 6) is -0.262. The highest BCUT2D eigenvalue weighted by Gasteiger charge is 2.18. The summed E-state index contributed by atoms with van der Waals surface area (Å²) in [6, 6.07) is 13.0. The Hall–Kier alpha value is -2.73. The average Bonchev–Trinajstić information content (AvgIpc) is 2.98. The minimum absolute atomic E-state index is 0.262. The maximum absolute atomic E-state index is 12.3. The molecule has 0 atom stereocenters. The number of hydrogen-bond acceptors (Lipinski definition) is 4. The summed E-state index contributed by atoms with van der Waals surface area (Å²) in [7, 11) is 0. The number of pyridine rings is 1. The minimum atomic E-state index is -0.262. The third-order valence-electron chi connectivity index (χ3n) is 3.58. The van der Waals surface area contributed by atoms with E-state index in [1.807, 2.05) is 36.4 Å². The number of carbonyl (C=O) groups excluding carboxylic acids is 1. The third-order valence-corrected chi connectivity index (χ3v) is 3.90. The second-order valence-electron chi connectivity index (χ2n) is 5.21. The zero-order valence-corrected chi connectivity index (χ0v) is 13.9. The quantitative estimate of drug-likeness (QED) is 0.774. The summed E-state index contributed by atoms with van der Waals surface area (Å²) in [5.41, 5.74) is 2.54. The summed E-state index contributed by atoms with van der Waals surface area (Å²) >= 11 is 6.17. The smallest absolute Gasteiger partial charge is 0.273 e. The zero-order chi connectivity index (χ0) is 16.9. The van der Waals surface area contributed by atoms with Crippen molar-refractivity contribution in [2.75, 3.05) is 6.54 Å². The van der Waals surface area contributed by atoms with Gasteiger partial charge in [-0.25, -0.2) is 4.68 Å². The Labute approximate surface area is 144 Å². The number of hydrogen-bond donors (Lipinski definition) is 1. The normalized spacial score (nSPS) is 10.6. The van der Waals surface area contributed by atoms with E-state index in [4.69, 9.17) is 11.6 Å². The largest absolute Gasteiger partial charge is 0.350 e. The maximum atomic E-state index is 12.3. The first-order chi connectivity index (χ1) is 11.7. The van der Waals surface area contributed by atoms with Gasteiger partial charge in [0.25, 0.3) is 5.91 Å². The van der Waals surface area contributed by atoms with E-state index < -0.39 is 0 Å². The molecule has 0 aliphatic heterocycles. The molecule has 0 aliphatic rings. The Morgan fingerprint density at radius 1 is 1.21 bits per heavy atom. The monoisotopic (exact) mass is 341 g/mol. The molecule has 0 bridgehead atoms. The van der Waals surface area contributed by atoms with Crippen LogP contribution in [0, 0.1) is 6.92 Å². The lowest BCUT2D eigenvalue weighted by Crippen LogP contribution is -2.27. The van der Waals surface area contributed by atoms with E-state index in [1.54, 1.807) is 23.9 Å². The molecule has 0 radical (unpaired) electrons. The van der Waals surface area contributed by atoms with E-state index in [2.05, 4.69) is 20.6 Å². The lowest BCUT2D eigenvalue weighted by molar-refractivity contribution is 0.0948. The van der Waals surface area contributed by atoms with Gasteiger partial charge in [-0.1, -0.05) is 35.0 Å². The number of benzene rings is 1. The van der Waals surface area contributed by atoms with Crippen LogP contribution in [0.15, 0.2) is 48.7 Å². The molecule has 0 aliphatic carbocycles. The first kappa shape index (κ1) is 16.1. The van der Waals surface area contributed by atoms with Crippen molar-refractivity contribution in [3.8, 4) is 5.69 Å². The Morgan fingerprint density at radius 3 is 2.75 bits per heavy atom. The predicted molar refractivity (Wildman–Crippen MR) is 91.4 cm³/mol. The van der Waals surface area contributed by atoms with Crippen LogP contribution in [0.1, 0.15) is 21.9 Å². The van der Waals surface area contributed by atoms with Crippen LogP contribution in [-0.4, -0.2) is 32.4 Å². The molecule has 3 aromatic rings. The Bertz CT molecular complexity index is 847. The zero-order valence-electron chi connectivity index (χ0n) is 13.1. The lowest BCUT2D eigenvalue weighted by atomic mass is 10.2. The van der Waals surface area contributed by atoms with Crippen LogP contribution >= 0.6 is 11.6 Å². The number of halogens is 1. The summed E-state index contributed by atoms with van der Waals surface area (Å²) < 4.78 is 1.57. The van der Waals surface area contributed by atoms with Crippen molar-refractivity contribution < 1.29 is 4.79 Å². The van der Waals surface area contributed by atoms with Gasteiger partial charge < -0.3 is 5.32 Å². The lowest BCUT2D eigenvalue weighted by Gasteiger charge is -2.06. The van der Waals surface area contributed by atoms with Gasteiger partial charge in [0, 0.05) is 24.9 Å². The first-order valence-corrected chi connectivity index (χ1v) is 7.90. The van der Waals surface area contributed by atoms with Crippen molar-refractivity contribution in [3.63, 3.8) is 0 Å². The molecule has 3 rings (SSSR count). The van der Waals surface area contributed by atoms with Gasteiger partial charge in [-0.15, -0.1) is 5.10 Å². The molecule has 0 unspecified atom stereocenters. The van der Waals surface area contributed by atoms with Crippen LogP contribution in [0.4, 0.5) is 0 Å². The number of aromatic nitrogens is 4. The molecule has 122 valence electrons. The minimum Gasteiger partial charge on any atom is -0.350 e. The highest BCUT2D eigenvalue weighted by Crippen LogP contribution is 2.21. The van der Waals surface area contributed by atoms with Crippen LogP contribution < -0.4 is 5.32 Å². The van der Waals surface area contributed by atoms with E-state index in [0.29, 0.717) is 29.4 Å². The van der Waals surface area contributed by atoms with Crippen molar-refractivity contribution in [2.24, 2.45) is 0 Å². The number of para-hydroxylation sites is 1. The van der Waals surface area contributed by atoms with Crippen molar-refractivity contribution in [2.45, 2.75) is 13.3 Å². The summed E-state index contributed by atoms with van der Waals surface area (Å²) in [6.07, 6.45) is 2.39. The average molecular weight is 342 g/mol. The molecule has 6 nitrogen and oxygen atoms in total. The second-order valence-corrected chi connectivity index (χ2v) is 5.62. The molecule has 1 amide bonds. The van der Waals surface area contributed by atoms with Gasteiger partial charge in [-0.2, -0.15) is 0 Å². The van der Waals surface area contributed by atoms with E-state index in [9.17, 15) is 4.79 Å². The number of rotatable bonds is 5. The number of amides is 1. The molecule has 24 heavy (non-hydrogen) atoms. The van der Waals surface area contributed by atoms with Crippen molar-refractivity contribution in [1.29, 1.82) is 0 Å². The van der Waals surface area contributed by atoms with Gasteiger partial charge in [0.2, 0.25) is 0 Å². The highest BCUT2D eigenvalue weighted by molar-refractivity contribution is 6.32. The van der Waals surface area contributed by atoms with Crippen molar-refractivity contribution in [3.05, 3.63) is 70.8 Å². The molecule has 0 saturated carbocycles. The van der Waals surface area contributed by atoms with E-state index in [0.717, 1.165) is 5.69 Å². The van der Waals surface area contributed by atoms with Gasteiger partial charge in [0.05, 0.1) is 16.4 Å². The van der Waals surface area contributed by atoms with Crippen LogP contribution in [0.25, 0.3) is 5.69 Å². The third kappa shape index (κ3) is 3.44. The molecular weight excluding hydrogens is 326 g/mol. The highest BCUT2D eigenvalue weighted by atomic mass is 35.5. The molecule has 7 heteroatoms. The molecule has 1 N–H and O–H groups in total. The first-order valence-electron chi connectivity index (χ1n) is 7.52. The topological polar surface area (TPSA) is 72.7 Å². The Kier molecular flexibility index (Phi) is 4.86.